The molecule has 1 unspecified atom stereocenters. The van der Waals surface area contributed by atoms with Crippen molar-refractivity contribution in [2.45, 2.75) is 25.3 Å². The Labute approximate surface area is 161 Å². The highest BCUT2D eigenvalue weighted by Gasteiger charge is 2.26. The van der Waals surface area contributed by atoms with Crippen LogP contribution in [0.1, 0.15) is 30.1 Å². The van der Waals surface area contributed by atoms with Gasteiger partial charge < -0.3 is 0 Å². The molecule has 0 aliphatic heterocycles. The predicted molar refractivity (Wildman–Crippen MR) is 103 cm³/mol. The van der Waals surface area contributed by atoms with Gasteiger partial charge in [-0.25, -0.2) is 10.2 Å². The van der Waals surface area contributed by atoms with Crippen molar-refractivity contribution in [3.05, 3.63) is 64.8 Å². The lowest BCUT2D eigenvalue weighted by molar-refractivity contribution is -0.132. The number of rotatable bonds is 4. The van der Waals surface area contributed by atoms with Crippen LogP contribution in [0.2, 0.25) is 5.02 Å². The fourth-order valence-electron chi connectivity index (χ4n) is 3.04. The number of carbonyl (C=O) groups excluding carboxylic acids is 1. The Morgan fingerprint density at radius 3 is 2.74 bits per heavy atom. The molecule has 3 aromatic rings. The van der Waals surface area contributed by atoms with Gasteiger partial charge in [0.1, 0.15) is 17.3 Å². The van der Waals surface area contributed by atoms with Crippen LogP contribution in [0.15, 0.2) is 48.5 Å². The monoisotopic (exact) mass is 379 g/mol. The van der Waals surface area contributed by atoms with Crippen LogP contribution in [0.4, 0.5) is 0 Å². The van der Waals surface area contributed by atoms with Crippen LogP contribution in [-0.4, -0.2) is 20.9 Å². The second-order valence-electron chi connectivity index (χ2n) is 6.65. The molecule has 1 aliphatic rings. The first kappa shape index (κ1) is 17.6. The third kappa shape index (κ3) is 3.68. The Kier molecular flexibility index (Phi) is 4.85. The van der Waals surface area contributed by atoms with Crippen LogP contribution in [0.3, 0.4) is 0 Å². The fraction of sp³-hybridized carbons (Fsp3) is 0.238. The number of benzene rings is 2. The van der Waals surface area contributed by atoms with E-state index in [0.717, 1.165) is 23.8 Å². The van der Waals surface area contributed by atoms with Crippen molar-refractivity contribution in [2.24, 2.45) is 5.92 Å². The summed E-state index contributed by atoms with van der Waals surface area (Å²) in [6, 6.07) is 14.4. The van der Waals surface area contributed by atoms with E-state index in [0.29, 0.717) is 28.6 Å². The number of amides is 1. The number of hydrogen-bond donors (Lipinski definition) is 2. The normalized spacial score (nSPS) is 14.4. The third-order valence-electron chi connectivity index (χ3n) is 4.63. The van der Waals surface area contributed by atoms with E-state index in [1.54, 1.807) is 16.2 Å². The number of fused-ring (bicyclic) bond motifs is 1. The lowest BCUT2D eigenvalue weighted by Gasteiger charge is -2.17. The molecule has 2 aromatic carbocycles. The van der Waals surface area contributed by atoms with E-state index in [4.69, 9.17) is 11.6 Å². The van der Waals surface area contributed by atoms with Crippen LogP contribution in [0, 0.1) is 17.8 Å². The van der Waals surface area contributed by atoms with Crippen LogP contribution in [0.5, 0.6) is 0 Å². The van der Waals surface area contributed by atoms with E-state index in [1.165, 1.54) is 0 Å². The van der Waals surface area contributed by atoms with Crippen LogP contribution >= 0.6 is 11.6 Å². The number of hydroxylamine groups is 1. The first-order valence-corrected chi connectivity index (χ1v) is 9.21. The van der Waals surface area contributed by atoms with Crippen molar-refractivity contribution in [2.75, 3.05) is 0 Å². The van der Waals surface area contributed by atoms with E-state index < -0.39 is 11.9 Å². The van der Waals surface area contributed by atoms with Gasteiger partial charge >= 0.3 is 0 Å². The van der Waals surface area contributed by atoms with Gasteiger partial charge in [-0.15, -0.1) is 0 Å². The number of nitrogens with one attached hydrogen (secondary N) is 1. The van der Waals surface area contributed by atoms with Crippen molar-refractivity contribution in [3.63, 3.8) is 0 Å². The highest BCUT2D eigenvalue weighted by molar-refractivity contribution is 6.35. The molecule has 1 fully saturated rings. The molecule has 1 amide bonds. The van der Waals surface area contributed by atoms with Gasteiger partial charge in [0.15, 0.2) is 0 Å². The van der Waals surface area contributed by atoms with Crippen molar-refractivity contribution in [3.8, 4) is 11.8 Å². The molecule has 0 saturated heterocycles. The molecular weight excluding hydrogens is 362 g/mol. The highest BCUT2D eigenvalue weighted by Crippen LogP contribution is 2.30. The first-order valence-electron chi connectivity index (χ1n) is 8.83. The lowest BCUT2D eigenvalue weighted by Crippen LogP contribution is -2.33. The summed E-state index contributed by atoms with van der Waals surface area (Å²) < 4.78 is 1.59. The first-order chi connectivity index (χ1) is 13.2. The maximum Gasteiger partial charge on any atom is 0.268 e. The molecule has 0 radical (unpaired) electrons. The summed E-state index contributed by atoms with van der Waals surface area (Å²) in [4.78, 5) is 12.5. The Morgan fingerprint density at radius 2 is 2.04 bits per heavy atom. The largest absolute Gasteiger partial charge is 0.289 e. The van der Waals surface area contributed by atoms with Crippen molar-refractivity contribution >= 4 is 28.4 Å². The van der Waals surface area contributed by atoms with Gasteiger partial charge in [-0.05, 0) is 36.5 Å². The molecule has 0 bridgehead atoms. The average Bonchev–Trinajstić information content (AvgIpc) is 3.45. The van der Waals surface area contributed by atoms with E-state index in [1.807, 2.05) is 42.5 Å². The average molecular weight is 380 g/mol. The molecule has 136 valence electrons. The number of carbonyl (C=O) groups is 1. The Balaban J connectivity index is 1.85. The van der Waals surface area contributed by atoms with E-state index in [2.05, 4.69) is 16.9 Å². The van der Waals surface area contributed by atoms with E-state index in [-0.39, 0.29) is 0 Å². The zero-order chi connectivity index (χ0) is 18.8. The summed E-state index contributed by atoms with van der Waals surface area (Å²) in [6.45, 7) is 0. The van der Waals surface area contributed by atoms with Gasteiger partial charge in [0.25, 0.3) is 5.91 Å². The summed E-state index contributed by atoms with van der Waals surface area (Å²) in [5.74, 6) is 6.30. The molecule has 0 spiro atoms. The Bertz CT molecular complexity index is 1050. The summed E-state index contributed by atoms with van der Waals surface area (Å²) >= 11 is 6.32. The zero-order valence-electron chi connectivity index (χ0n) is 14.5. The minimum Gasteiger partial charge on any atom is -0.289 e. The number of aromatic nitrogens is 2. The molecule has 1 heterocycles. The minimum atomic E-state index is -0.746. The van der Waals surface area contributed by atoms with Crippen LogP contribution in [0.25, 0.3) is 10.9 Å². The van der Waals surface area contributed by atoms with E-state index in [9.17, 15) is 10.0 Å². The summed E-state index contributed by atoms with van der Waals surface area (Å²) in [6.07, 6.45) is 2.58. The van der Waals surface area contributed by atoms with E-state index >= 15 is 0 Å². The maximum atomic E-state index is 12.5. The molecule has 27 heavy (non-hydrogen) atoms. The molecule has 4 rings (SSSR count). The molecule has 1 atom stereocenters. The van der Waals surface area contributed by atoms with Gasteiger partial charge in [0, 0.05) is 17.7 Å². The van der Waals surface area contributed by atoms with Crippen molar-refractivity contribution in [1.82, 2.24) is 15.3 Å². The Hall–Kier alpha value is -2.81. The van der Waals surface area contributed by atoms with Gasteiger partial charge in [-0.1, -0.05) is 53.9 Å². The zero-order valence-corrected chi connectivity index (χ0v) is 15.3. The second-order valence-corrected chi connectivity index (χ2v) is 7.06. The predicted octanol–water partition coefficient (Wildman–Crippen LogP) is 3.74. The molecule has 1 aliphatic carbocycles. The molecule has 1 saturated carbocycles. The number of hydrogen-bond acceptors (Lipinski definition) is 3. The van der Waals surface area contributed by atoms with Gasteiger partial charge in [-0.2, -0.15) is 5.10 Å². The van der Waals surface area contributed by atoms with Crippen LogP contribution < -0.4 is 5.48 Å². The lowest BCUT2D eigenvalue weighted by atomic mass is 10.1. The van der Waals surface area contributed by atoms with Gasteiger partial charge in [-0.3, -0.25) is 10.0 Å². The van der Waals surface area contributed by atoms with Crippen molar-refractivity contribution < 1.29 is 10.0 Å². The second kappa shape index (κ2) is 7.43. The number of nitrogens with zero attached hydrogens (tertiary/aromatic N) is 2. The smallest absolute Gasteiger partial charge is 0.268 e. The molecule has 5 nitrogen and oxygen atoms in total. The standard InChI is InChI=1S/C21H18ClN3O2/c22-17-8-4-7-16-18(12-11-14-9-10-14)25(23-20(16)17)19(21(26)24-27)13-15-5-2-1-3-6-15/h1-8,14,19,27H,9-10,13H2,(H,24,26). The SMILES string of the molecule is O=C(NO)C(Cc1ccccc1)n1nc2c(Cl)cccc2c1C#CC1CC1. The molecular formula is C21H18ClN3O2. The molecule has 2 N–H and O–H groups in total. The molecule has 1 aromatic heterocycles. The molecule has 6 heteroatoms. The van der Waals surface area contributed by atoms with Crippen LogP contribution in [-0.2, 0) is 11.2 Å². The summed E-state index contributed by atoms with van der Waals surface area (Å²) in [5, 5.41) is 15.2. The Morgan fingerprint density at radius 1 is 1.26 bits per heavy atom. The summed E-state index contributed by atoms with van der Waals surface area (Å²) in [7, 11) is 0. The fourth-order valence-corrected chi connectivity index (χ4v) is 3.25. The number of halogens is 1. The van der Waals surface area contributed by atoms with Gasteiger partial charge in [0.2, 0.25) is 0 Å². The maximum absolute atomic E-state index is 12.5. The van der Waals surface area contributed by atoms with Gasteiger partial charge in [0.05, 0.1) is 5.02 Å². The minimum absolute atomic E-state index is 0.372. The topological polar surface area (TPSA) is 67.2 Å². The van der Waals surface area contributed by atoms with Crippen molar-refractivity contribution in [1.29, 1.82) is 0 Å². The quantitative estimate of drug-likeness (QED) is 0.412. The summed E-state index contributed by atoms with van der Waals surface area (Å²) in [5.41, 5.74) is 3.97. The highest BCUT2D eigenvalue weighted by atomic mass is 35.5. The third-order valence-corrected chi connectivity index (χ3v) is 4.94.